The van der Waals surface area contributed by atoms with Gasteiger partial charge in [-0.1, -0.05) is 11.6 Å². The van der Waals surface area contributed by atoms with Crippen molar-refractivity contribution in [2.45, 2.75) is 6.18 Å². The molecule has 92 valence electrons. The van der Waals surface area contributed by atoms with Crippen LogP contribution in [0.3, 0.4) is 0 Å². The summed E-state index contributed by atoms with van der Waals surface area (Å²) in [6.45, 7) is 0. The number of alkyl halides is 3. The summed E-state index contributed by atoms with van der Waals surface area (Å²) in [6, 6.07) is 2.53. The zero-order chi connectivity index (χ0) is 13.3. The Balaban J connectivity index is 3.29. The van der Waals surface area contributed by atoms with E-state index in [2.05, 4.69) is 5.92 Å². The zero-order valence-corrected chi connectivity index (χ0v) is 10.0. The van der Waals surface area contributed by atoms with Gasteiger partial charge in [-0.15, -0.1) is 0 Å². The number of halogens is 4. The number of rotatable bonds is 0. The first kappa shape index (κ1) is 13.9. The summed E-state index contributed by atoms with van der Waals surface area (Å²) >= 11 is 5.61. The molecular weight excluding hydrogens is 277 g/mol. The van der Waals surface area contributed by atoms with Crippen LogP contribution in [0.25, 0.3) is 0 Å². The molecule has 17 heavy (non-hydrogen) atoms. The summed E-state index contributed by atoms with van der Waals surface area (Å²) in [4.78, 5) is 0. The van der Waals surface area contributed by atoms with Gasteiger partial charge >= 0.3 is 6.18 Å². The molecule has 0 aliphatic carbocycles. The lowest BCUT2D eigenvalue weighted by Gasteiger charge is -2.07. The van der Waals surface area contributed by atoms with Gasteiger partial charge in [-0.2, -0.15) is 13.2 Å². The third-order valence-electron chi connectivity index (χ3n) is 1.66. The number of sulfone groups is 1. The summed E-state index contributed by atoms with van der Waals surface area (Å²) in [5, 5.41) is 1.79. The molecular formula is C10H6ClF3O2S. The molecule has 0 radical (unpaired) electrons. The van der Waals surface area contributed by atoms with Crippen LogP contribution in [0.2, 0.25) is 5.02 Å². The molecule has 0 spiro atoms. The van der Waals surface area contributed by atoms with E-state index >= 15 is 0 Å². The topological polar surface area (TPSA) is 34.1 Å². The largest absolute Gasteiger partial charge is 0.416 e. The zero-order valence-electron chi connectivity index (χ0n) is 8.47. The van der Waals surface area contributed by atoms with Gasteiger partial charge in [0, 0.05) is 10.8 Å². The summed E-state index contributed by atoms with van der Waals surface area (Å²) in [5.74, 6) is 2.10. The van der Waals surface area contributed by atoms with E-state index in [1.54, 1.807) is 0 Å². The fraction of sp³-hybridized carbons (Fsp3) is 0.200. The lowest BCUT2D eigenvalue weighted by Crippen LogP contribution is -2.05. The van der Waals surface area contributed by atoms with Gasteiger partial charge in [0.05, 0.1) is 16.8 Å². The fourth-order valence-corrected chi connectivity index (χ4v) is 1.41. The van der Waals surface area contributed by atoms with Crippen LogP contribution in [0.1, 0.15) is 11.1 Å². The Bertz CT molecular complexity index is 594. The van der Waals surface area contributed by atoms with Crippen LogP contribution in [-0.4, -0.2) is 14.7 Å². The van der Waals surface area contributed by atoms with Crippen molar-refractivity contribution in [3.8, 4) is 11.2 Å². The molecule has 0 fully saturated rings. The minimum Gasteiger partial charge on any atom is -0.216 e. The molecule has 0 amide bonds. The molecule has 0 aliphatic heterocycles. The van der Waals surface area contributed by atoms with Crippen molar-refractivity contribution in [2.75, 3.05) is 6.26 Å². The van der Waals surface area contributed by atoms with Gasteiger partial charge in [-0.25, -0.2) is 8.42 Å². The number of hydrogen-bond acceptors (Lipinski definition) is 2. The van der Waals surface area contributed by atoms with Crippen LogP contribution in [0.15, 0.2) is 18.2 Å². The average molecular weight is 283 g/mol. The van der Waals surface area contributed by atoms with Gasteiger partial charge in [0.15, 0.2) is 0 Å². The second kappa shape index (κ2) is 4.59. The lowest BCUT2D eigenvalue weighted by atomic mass is 10.1. The van der Waals surface area contributed by atoms with Crippen molar-refractivity contribution in [3.63, 3.8) is 0 Å². The van der Waals surface area contributed by atoms with Crippen LogP contribution < -0.4 is 0 Å². The molecule has 1 rings (SSSR count). The molecule has 0 atom stereocenters. The van der Waals surface area contributed by atoms with Gasteiger partial charge in [0.2, 0.25) is 9.84 Å². The molecule has 0 aromatic heterocycles. The first-order chi connectivity index (χ1) is 7.59. The SMILES string of the molecule is CS(=O)(=O)C#Cc1cc(C(F)(F)F)ccc1Cl. The standard InChI is InChI=1S/C10H6ClF3O2S/c1-17(15,16)5-4-7-6-8(10(12,13)14)2-3-9(7)11/h2-3,6H,1H3. The minimum atomic E-state index is -4.52. The van der Waals surface area contributed by atoms with E-state index in [9.17, 15) is 21.6 Å². The molecule has 7 heteroatoms. The highest BCUT2D eigenvalue weighted by Crippen LogP contribution is 2.31. The maximum absolute atomic E-state index is 12.4. The Morgan fingerprint density at radius 1 is 1.29 bits per heavy atom. The third kappa shape index (κ3) is 4.29. The van der Waals surface area contributed by atoms with Crippen LogP contribution in [-0.2, 0) is 16.0 Å². The smallest absolute Gasteiger partial charge is 0.216 e. The molecule has 0 saturated heterocycles. The highest BCUT2D eigenvalue weighted by atomic mass is 35.5. The average Bonchev–Trinajstić information content (AvgIpc) is 2.13. The van der Waals surface area contributed by atoms with Gasteiger partial charge in [0.1, 0.15) is 0 Å². The lowest BCUT2D eigenvalue weighted by molar-refractivity contribution is -0.137. The first-order valence-electron chi connectivity index (χ1n) is 4.19. The molecule has 1 aromatic carbocycles. The molecule has 1 aromatic rings. The molecule has 0 N–H and O–H groups in total. The molecule has 2 nitrogen and oxygen atoms in total. The summed E-state index contributed by atoms with van der Waals surface area (Å²) < 4.78 is 58.6. The van der Waals surface area contributed by atoms with Gasteiger partial charge in [0.25, 0.3) is 0 Å². The Kier molecular flexibility index (Phi) is 3.74. The van der Waals surface area contributed by atoms with Crippen molar-refractivity contribution in [1.29, 1.82) is 0 Å². The van der Waals surface area contributed by atoms with Gasteiger partial charge < -0.3 is 0 Å². The van der Waals surface area contributed by atoms with Crippen molar-refractivity contribution < 1.29 is 21.6 Å². The molecule has 0 heterocycles. The first-order valence-corrected chi connectivity index (χ1v) is 6.46. The van der Waals surface area contributed by atoms with E-state index < -0.39 is 21.6 Å². The second-order valence-corrected chi connectivity index (χ2v) is 5.35. The Labute approximate surface area is 101 Å². The van der Waals surface area contributed by atoms with Crippen LogP contribution in [0.5, 0.6) is 0 Å². The molecule has 0 saturated carbocycles. The highest BCUT2D eigenvalue weighted by Gasteiger charge is 2.30. The van der Waals surface area contributed by atoms with E-state index in [0.29, 0.717) is 6.07 Å². The van der Waals surface area contributed by atoms with Crippen LogP contribution in [0, 0.1) is 11.2 Å². The van der Waals surface area contributed by atoms with Crippen molar-refractivity contribution in [3.05, 3.63) is 34.3 Å². The van der Waals surface area contributed by atoms with Crippen molar-refractivity contribution >= 4 is 21.4 Å². The fourth-order valence-electron chi connectivity index (χ4n) is 0.945. The normalized spacial score (nSPS) is 11.8. The Morgan fingerprint density at radius 2 is 1.88 bits per heavy atom. The summed E-state index contributed by atoms with van der Waals surface area (Å²) in [5.41, 5.74) is -1.10. The highest BCUT2D eigenvalue weighted by molar-refractivity contribution is 7.95. The predicted molar refractivity (Wildman–Crippen MR) is 58.2 cm³/mol. The third-order valence-corrected chi connectivity index (χ3v) is 2.47. The number of benzene rings is 1. The summed E-state index contributed by atoms with van der Waals surface area (Å²) in [6.07, 6.45) is -3.67. The van der Waals surface area contributed by atoms with Gasteiger partial charge in [-0.3, -0.25) is 0 Å². The van der Waals surface area contributed by atoms with E-state index in [0.717, 1.165) is 18.4 Å². The van der Waals surface area contributed by atoms with Crippen LogP contribution >= 0.6 is 11.6 Å². The Morgan fingerprint density at radius 3 is 2.35 bits per heavy atom. The van der Waals surface area contributed by atoms with Gasteiger partial charge in [-0.05, 0) is 24.1 Å². The minimum absolute atomic E-state index is 0.0332. The number of hydrogen-bond donors (Lipinski definition) is 0. The maximum atomic E-state index is 12.4. The van der Waals surface area contributed by atoms with Crippen molar-refractivity contribution in [1.82, 2.24) is 0 Å². The predicted octanol–water partition coefficient (Wildman–Crippen LogP) is 2.71. The van der Waals surface area contributed by atoms with E-state index in [1.807, 2.05) is 5.25 Å². The van der Waals surface area contributed by atoms with Crippen LogP contribution in [0.4, 0.5) is 13.2 Å². The maximum Gasteiger partial charge on any atom is 0.416 e. The van der Waals surface area contributed by atoms with E-state index in [1.165, 1.54) is 0 Å². The quantitative estimate of drug-likeness (QED) is 0.686. The molecule has 0 unspecified atom stereocenters. The van der Waals surface area contributed by atoms with E-state index in [4.69, 9.17) is 11.6 Å². The van der Waals surface area contributed by atoms with E-state index in [-0.39, 0.29) is 10.6 Å². The Hall–Kier alpha value is -1.19. The summed E-state index contributed by atoms with van der Waals surface area (Å²) in [7, 11) is -3.59. The monoisotopic (exact) mass is 282 g/mol. The molecule has 0 aliphatic rings. The second-order valence-electron chi connectivity index (χ2n) is 3.19. The molecule has 0 bridgehead atoms. The van der Waals surface area contributed by atoms with Crippen molar-refractivity contribution in [2.24, 2.45) is 0 Å².